The minimum Gasteiger partial charge on any atom is -0.378 e. The Kier molecular flexibility index (Phi) is 8.46. The van der Waals surface area contributed by atoms with Crippen molar-refractivity contribution in [2.24, 2.45) is 10.7 Å². The lowest BCUT2D eigenvalue weighted by molar-refractivity contribution is 0.628. The minimum atomic E-state index is -0.465. The Morgan fingerprint density at radius 3 is 2.55 bits per heavy atom. The van der Waals surface area contributed by atoms with Crippen molar-refractivity contribution in [2.75, 3.05) is 0 Å². The Morgan fingerprint density at radius 1 is 1.23 bits per heavy atom. The largest absolute Gasteiger partial charge is 0.378 e. The number of thioether (sulfide) groups is 1. The van der Waals surface area contributed by atoms with E-state index in [0.717, 1.165) is 11.1 Å². The van der Waals surface area contributed by atoms with E-state index in [1.165, 1.54) is 35.0 Å². The van der Waals surface area contributed by atoms with Gasteiger partial charge >= 0.3 is 0 Å². The average molecular weight is 469 g/mol. The molecule has 0 unspecified atom stereocenters. The maximum atomic E-state index is 13.1. The van der Waals surface area contributed by atoms with Gasteiger partial charge in [0, 0.05) is 11.1 Å². The normalized spacial score (nSPS) is 11.1. The first-order valence-electron chi connectivity index (χ1n) is 6.15. The fraction of sp³-hybridized carbons (Fsp3) is 0.133. The van der Waals surface area contributed by atoms with Crippen LogP contribution in [0.4, 0.5) is 10.1 Å². The van der Waals surface area contributed by atoms with Gasteiger partial charge in [-0.1, -0.05) is 63.6 Å². The highest BCUT2D eigenvalue weighted by Gasteiger charge is 2.04. The summed E-state index contributed by atoms with van der Waals surface area (Å²) in [4.78, 5) is 4.23. The zero-order valence-electron chi connectivity index (χ0n) is 11.4. The molecule has 0 atom stereocenters. The molecule has 0 amide bonds. The van der Waals surface area contributed by atoms with Crippen LogP contribution < -0.4 is 5.73 Å². The highest BCUT2D eigenvalue weighted by Crippen LogP contribution is 2.24. The molecule has 0 aliphatic heterocycles. The molecule has 0 aliphatic rings. The molecule has 0 saturated heterocycles. The van der Waals surface area contributed by atoms with Gasteiger partial charge in [-0.3, -0.25) is 0 Å². The number of nitrogens with two attached hydrogens (primary N) is 1. The maximum Gasteiger partial charge on any atom is 0.159 e. The fourth-order valence-electron chi connectivity index (χ4n) is 1.69. The van der Waals surface area contributed by atoms with E-state index in [1.807, 2.05) is 12.1 Å². The van der Waals surface area contributed by atoms with Gasteiger partial charge in [-0.25, -0.2) is 9.38 Å². The second-order valence-corrected chi connectivity index (χ2v) is 6.20. The van der Waals surface area contributed by atoms with E-state index in [9.17, 15) is 4.39 Å². The van der Waals surface area contributed by atoms with Gasteiger partial charge in [0.2, 0.25) is 0 Å². The summed E-state index contributed by atoms with van der Waals surface area (Å²) in [6.07, 6.45) is 0. The van der Waals surface area contributed by atoms with Crippen molar-refractivity contribution >= 4 is 67.1 Å². The summed E-state index contributed by atoms with van der Waals surface area (Å²) in [5.74, 6) is 0.263. The summed E-state index contributed by atoms with van der Waals surface area (Å²) >= 11 is 10.6. The summed E-state index contributed by atoms with van der Waals surface area (Å²) in [7, 11) is 0. The van der Waals surface area contributed by atoms with Crippen LogP contribution in [0.15, 0.2) is 47.5 Å². The Bertz CT molecular complexity index is 668. The van der Waals surface area contributed by atoms with Crippen molar-refractivity contribution in [2.45, 2.75) is 11.1 Å². The number of aliphatic imine (C=N–C) groups is 1. The van der Waals surface area contributed by atoms with Gasteiger partial charge in [-0.15, -0.1) is 17.0 Å². The van der Waals surface area contributed by atoms with E-state index >= 15 is 0 Å². The third kappa shape index (κ3) is 5.57. The Morgan fingerprint density at radius 2 is 1.91 bits per heavy atom. The summed E-state index contributed by atoms with van der Waals surface area (Å²) in [6.45, 7) is 0. The quantitative estimate of drug-likeness (QED) is 0.348. The molecule has 0 aliphatic carbocycles. The van der Waals surface area contributed by atoms with Crippen molar-refractivity contribution < 1.29 is 4.39 Å². The third-order valence-electron chi connectivity index (χ3n) is 2.78. The van der Waals surface area contributed by atoms with E-state index in [0.29, 0.717) is 10.9 Å². The molecule has 118 valence electrons. The average Bonchev–Trinajstić information content (AvgIpc) is 2.49. The molecule has 2 nitrogen and oxygen atoms in total. The standard InChI is InChI=1S/C15H13BrClFN2S.BrH/c16-8-10-3-1-2-4-11(10)9-21-15(19)20-12-5-6-14(18)13(17)7-12;/h1-7H,8-9H2,(H2,19,20);1H. The number of alkyl halides is 1. The number of hydrogen-bond donors (Lipinski definition) is 1. The SMILES string of the molecule is Br.N/C(=N\c1ccc(F)c(Cl)c1)SCc1ccccc1CBr. The molecule has 0 heterocycles. The first-order valence-corrected chi connectivity index (χ1v) is 8.63. The third-order valence-corrected chi connectivity index (χ3v) is 4.52. The van der Waals surface area contributed by atoms with Gasteiger partial charge in [0.1, 0.15) is 5.82 Å². The second-order valence-electron chi connectivity index (χ2n) is 4.24. The Balaban J connectivity index is 0.00000242. The van der Waals surface area contributed by atoms with Crippen LogP contribution in [0.1, 0.15) is 11.1 Å². The van der Waals surface area contributed by atoms with E-state index in [1.54, 1.807) is 6.07 Å². The Labute approximate surface area is 157 Å². The molecule has 7 heteroatoms. The van der Waals surface area contributed by atoms with Crippen LogP contribution in [-0.4, -0.2) is 5.17 Å². The summed E-state index contributed by atoms with van der Waals surface area (Å²) < 4.78 is 13.1. The van der Waals surface area contributed by atoms with Gasteiger partial charge in [0.05, 0.1) is 10.7 Å². The van der Waals surface area contributed by atoms with E-state index in [2.05, 4.69) is 33.1 Å². The Hall–Kier alpha value is -0.560. The highest BCUT2D eigenvalue weighted by molar-refractivity contribution is 9.08. The van der Waals surface area contributed by atoms with E-state index in [4.69, 9.17) is 17.3 Å². The minimum absolute atomic E-state index is 0. The lowest BCUT2D eigenvalue weighted by Gasteiger charge is -2.06. The highest BCUT2D eigenvalue weighted by atomic mass is 79.9. The number of benzene rings is 2. The van der Waals surface area contributed by atoms with Crippen LogP contribution in [-0.2, 0) is 11.1 Å². The molecular weight excluding hydrogens is 455 g/mol. The van der Waals surface area contributed by atoms with Crippen LogP contribution in [0.3, 0.4) is 0 Å². The predicted molar refractivity (Wildman–Crippen MR) is 103 cm³/mol. The van der Waals surface area contributed by atoms with Crippen molar-refractivity contribution in [3.8, 4) is 0 Å². The molecule has 0 aromatic heterocycles. The maximum absolute atomic E-state index is 13.1. The molecule has 22 heavy (non-hydrogen) atoms. The van der Waals surface area contributed by atoms with Gasteiger partial charge in [0.15, 0.2) is 5.17 Å². The smallest absolute Gasteiger partial charge is 0.159 e. The lowest BCUT2D eigenvalue weighted by Crippen LogP contribution is -2.06. The van der Waals surface area contributed by atoms with Gasteiger partial charge in [-0.2, -0.15) is 0 Å². The number of hydrogen-bond acceptors (Lipinski definition) is 2. The van der Waals surface area contributed by atoms with Crippen molar-refractivity contribution in [1.82, 2.24) is 0 Å². The summed E-state index contributed by atoms with van der Waals surface area (Å²) in [5, 5.41) is 1.26. The van der Waals surface area contributed by atoms with Crippen LogP contribution in [0, 0.1) is 5.82 Å². The molecule has 0 spiro atoms. The van der Waals surface area contributed by atoms with Crippen molar-refractivity contribution in [1.29, 1.82) is 0 Å². The van der Waals surface area contributed by atoms with Crippen LogP contribution >= 0.6 is 56.3 Å². The predicted octanol–water partition coefficient (Wildman–Crippen LogP) is 5.83. The zero-order chi connectivity index (χ0) is 15.2. The van der Waals surface area contributed by atoms with E-state index < -0.39 is 5.82 Å². The first-order chi connectivity index (χ1) is 10.1. The molecular formula is C15H14Br2ClFN2S. The van der Waals surface area contributed by atoms with Crippen molar-refractivity contribution in [3.63, 3.8) is 0 Å². The van der Waals surface area contributed by atoms with Gasteiger partial charge < -0.3 is 5.73 Å². The molecule has 2 rings (SSSR count). The van der Waals surface area contributed by atoms with Crippen molar-refractivity contribution in [3.05, 3.63) is 64.4 Å². The fourth-order valence-corrected chi connectivity index (χ4v) is 3.17. The second kappa shape index (κ2) is 9.55. The molecule has 0 fully saturated rings. The molecule has 0 bridgehead atoms. The molecule has 2 aromatic carbocycles. The van der Waals surface area contributed by atoms with Gasteiger partial charge in [0.25, 0.3) is 0 Å². The van der Waals surface area contributed by atoms with Crippen LogP contribution in [0.5, 0.6) is 0 Å². The number of amidine groups is 1. The first kappa shape index (κ1) is 19.5. The summed E-state index contributed by atoms with van der Waals surface area (Å²) in [6, 6.07) is 12.4. The van der Waals surface area contributed by atoms with Crippen LogP contribution in [0.2, 0.25) is 5.02 Å². The zero-order valence-corrected chi connectivity index (χ0v) is 16.3. The van der Waals surface area contributed by atoms with Crippen LogP contribution in [0.25, 0.3) is 0 Å². The molecule has 0 radical (unpaired) electrons. The number of halogens is 4. The summed E-state index contributed by atoms with van der Waals surface area (Å²) in [5.41, 5.74) is 8.87. The molecule has 2 aromatic rings. The monoisotopic (exact) mass is 466 g/mol. The molecule has 2 N–H and O–H groups in total. The van der Waals surface area contributed by atoms with Gasteiger partial charge in [-0.05, 0) is 29.3 Å². The number of rotatable bonds is 4. The molecule has 0 saturated carbocycles. The van der Waals surface area contributed by atoms with E-state index in [-0.39, 0.29) is 22.0 Å². The topological polar surface area (TPSA) is 38.4 Å². The lowest BCUT2D eigenvalue weighted by atomic mass is 10.1. The number of nitrogens with zero attached hydrogens (tertiary/aromatic N) is 1.